The lowest BCUT2D eigenvalue weighted by molar-refractivity contribution is -0.0741. The molecule has 2 N–H and O–H groups in total. The minimum Gasteiger partial charge on any atom is -0.493 e. The second-order valence-corrected chi connectivity index (χ2v) is 10.1. The fraction of sp³-hybridized carbons (Fsp3) is 0.250. The summed E-state index contributed by atoms with van der Waals surface area (Å²) in [7, 11) is 4.51. The Labute approximate surface area is 223 Å². The Kier molecular flexibility index (Phi) is 7.02. The predicted molar refractivity (Wildman–Crippen MR) is 143 cm³/mol. The SMILES string of the molecule is COc1ccc(-c2c(C(=O)O)c(CN(C)O)nc3sc4c(c23)CCN(C(=O)c2ccccc2)C4)cc1OC. The number of pyridine rings is 1. The van der Waals surface area contributed by atoms with Crippen molar-refractivity contribution < 1.29 is 29.4 Å². The van der Waals surface area contributed by atoms with Crippen molar-refractivity contribution in [3.05, 3.63) is 75.8 Å². The van der Waals surface area contributed by atoms with E-state index in [9.17, 15) is 19.9 Å². The van der Waals surface area contributed by atoms with Crippen LogP contribution >= 0.6 is 11.3 Å². The van der Waals surface area contributed by atoms with Gasteiger partial charge in [-0.3, -0.25) is 4.79 Å². The molecule has 0 radical (unpaired) electrons. The number of carbonyl (C=O) groups excluding carboxylic acids is 1. The molecule has 1 aliphatic rings. The number of hydrogen-bond acceptors (Lipinski definition) is 8. The third kappa shape index (κ3) is 4.58. The lowest BCUT2D eigenvalue weighted by Gasteiger charge is -2.27. The number of methoxy groups -OCH3 is 2. The molecule has 10 heteroatoms. The first-order valence-electron chi connectivity index (χ1n) is 12.0. The van der Waals surface area contributed by atoms with E-state index < -0.39 is 5.97 Å². The van der Waals surface area contributed by atoms with Gasteiger partial charge in [-0.05, 0) is 41.8 Å². The standard InChI is InChI=1S/C28H27N3O6S/c1-30(35)14-19-25(28(33)34)23(17-9-10-20(36-2)21(13-17)37-3)24-18-11-12-31(15-22(18)38-26(24)29-19)27(32)16-7-5-4-6-8-16/h4-10,13,35H,11-12,14-15H2,1-3H3,(H,33,34). The van der Waals surface area contributed by atoms with E-state index in [1.54, 1.807) is 30.3 Å². The van der Waals surface area contributed by atoms with E-state index in [0.29, 0.717) is 52.5 Å². The molecule has 0 saturated heterocycles. The maximum absolute atomic E-state index is 13.1. The molecule has 5 rings (SSSR count). The lowest BCUT2D eigenvalue weighted by atomic mass is 9.91. The number of thiophene rings is 1. The maximum atomic E-state index is 13.1. The molecule has 2 aromatic heterocycles. The molecule has 0 bridgehead atoms. The zero-order valence-electron chi connectivity index (χ0n) is 21.2. The number of carboxylic acid groups (broad SMARTS) is 1. The number of fused-ring (bicyclic) bond motifs is 3. The van der Waals surface area contributed by atoms with Crippen LogP contribution in [-0.4, -0.2) is 64.9 Å². The number of ether oxygens (including phenoxy) is 2. The summed E-state index contributed by atoms with van der Waals surface area (Å²) in [6.07, 6.45) is 0.564. The molecule has 196 valence electrons. The van der Waals surface area contributed by atoms with Gasteiger partial charge < -0.3 is 24.7 Å². The first-order chi connectivity index (χ1) is 18.3. The van der Waals surface area contributed by atoms with Gasteiger partial charge in [-0.25, -0.2) is 9.78 Å². The van der Waals surface area contributed by atoms with Crippen LogP contribution in [0.3, 0.4) is 0 Å². The number of hydrogen-bond donors (Lipinski definition) is 2. The highest BCUT2D eigenvalue weighted by Gasteiger charge is 2.31. The van der Waals surface area contributed by atoms with E-state index >= 15 is 0 Å². The number of aromatic carboxylic acids is 1. The highest BCUT2D eigenvalue weighted by Crippen LogP contribution is 2.44. The number of carbonyl (C=O) groups is 2. The monoisotopic (exact) mass is 533 g/mol. The molecule has 38 heavy (non-hydrogen) atoms. The van der Waals surface area contributed by atoms with E-state index in [-0.39, 0.29) is 23.7 Å². The minimum absolute atomic E-state index is 0.0222. The molecule has 0 fully saturated rings. The van der Waals surface area contributed by atoms with Gasteiger partial charge >= 0.3 is 5.97 Å². The number of aromatic nitrogens is 1. The third-order valence-electron chi connectivity index (χ3n) is 6.64. The normalized spacial score (nSPS) is 13.0. The summed E-state index contributed by atoms with van der Waals surface area (Å²) < 4.78 is 10.9. The van der Waals surface area contributed by atoms with Crippen molar-refractivity contribution in [1.29, 1.82) is 0 Å². The maximum Gasteiger partial charge on any atom is 0.338 e. The van der Waals surface area contributed by atoms with Crippen molar-refractivity contribution in [2.45, 2.75) is 19.5 Å². The summed E-state index contributed by atoms with van der Waals surface area (Å²) in [5.74, 6) is -0.194. The van der Waals surface area contributed by atoms with Crippen LogP contribution in [0.5, 0.6) is 11.5 Å². The summed E-state index contributed by atoms with van der Waals surface area (Å²) in [4.78, 5) is 34.0. The molecular formula is C28H27N3O6S. The topological polar surface area (TPSA) is 112 Å². The second kappa shape index (κ2) is 10.4. The van der Waals surface area contributed by atoms with Crippen molar-refractivity contribution >= 4 is 33.4 Å². The van der Waals surface area contributed by atoms with Crippen LogP contribution < -0.4 is 9.47 Å². The largest absolute Gasteiger partial charge is 0.493 e. The predicted octanol–water partition coefficient (Wildman–Crippen LogP) is 4.70. The first-order valence-corrected chi connectivity index (χ1v) is 12.8. The van der Waals surface area contributed by atoms with Crippen LogP contribution in [0, 0.1) is 0 Å². The number of benzene rings is 2. The van der Waals surface area contributed by atoms with E-state index in [1.165, 1.54) is 32.6 Å². The van der Waals surface area contributed by atoms with Gasteiger partial charge in [0.2, 0.25) is 0 Å². The van der Waals surface area contributed by atoms with Gasteiger partial charge in [0, 0.05) is 35.0 Å². The molecule has 0 saturated carbocycles. The van der Waals surface area contributed by atoms with Crippen LogP contribution in [0.25, 0.3) is 21.3 Å². The molecule has 0 atom stereocenters. The van der Waals surface area contributed by atoms with Crippen molar-refractivity contribution in [3.63, 3.8) is 0 Å². The Balaban J connectivity index is 1.71. The smallest absolute Gasteiger partial charge is 0.338 e. The number of carboxylic acids is 1. The molecule has 0 unspecified atom stereocenters. The Hall–Kier alpha value is -3.99. The van der Waals surface area contributed by atoms with Crippen molar-refractivity contribution in [3.8, 4) is 22.6 Å². The minimum atomic E-state index is -1.14. The second-order valence-electron chi connectivity index (χ2n) is 9.03. The number of nitrogens with zero attached hydrogens (tertiary/aromatic N) is 3. The Morgan fingerprint density at radius 1 is 1.11 bits per heavy atom. The molecule has 0 aliphatic carbocycles. The fourth-order valence-electron chi connectivity index (χ4n) is 4.95. The molecule has 9 nitrogen and oxygen atoms in total. The van der Waals surface area contributed by atoms with Crippen LogP contribution in [0.4, 0.5) is 0 Å². The van der Waals surface area contributed by atoms with E-state index in [4.69, 9.17) is 14.5 Å². The van der Waals surface area contributed by atoms with Gasteiger partial charge in [0.05, 0.1) is 38.6 Å². The molecule has 4 aromatic rings. The third-order valence-corrected chi connectivity index (χ3v) is 7.75. The van der Waals surface area contributed by atoms with Crippen LogP contribution in [0.1, 0.15) is 36.9 Å². The summed E-state index contributed by atoms with van der Waals surface area (Å²) in [6, 6.07) is 14.5. The van der Waals surface area contributed by atoms with Crippen LogP contribution in [-0.2, 0) is 19.5 Å². The van der Waals surface area contributed by atoms with Crippen molar-refractivity contribution in [2.75, 3.05) is 27.8 Å². The Morgan fingerprint density at radius 2 is 1.84 bits per heavy atom. The van der Waals surface area contributed by atoms with Gasteiger partial charge in [0.25, 0.3) is 5.91 Å². The zero-order chi connectivity index (χ0) is 27.0. The molecule has 1 aliphatic heterocycles. The summed E-state index contributed by atoms with van der Waals surface area (Å²) in [5.41, 5.74) is 3.04. The highest BCUT2D eigenvalue weighted by molar-refractivity contribution is 7.19. The molecule has 3 heterocycles. The summed E-state index contributed by atoms with van der Waals surface area (Å²) in [5, 5.41) is 22.0. The summed E-state index contributed by atoms with van der Waals surface area (Å²) >= 11 is 1.45. The van der Waals surface area contributed by atoms with Crippen molar-refractivity contribution in [2.24, 2.45) is 0 Å². The average Bonchev–Trinajstić information content (AvgIpc) is 3.28. The average molecular weight is 534 g/mol. The number of rotatable bonds is 7. The van der Waals surface area contributed by atoms with E-state index in [0.717, 1.165) is 20.9 Å². The zero-order valence-corrected chi connectivity index (χ0v) is 22.0. The number of hydroxylamine groups is 2. The number of amides is 1. The molecule has 1 amide bonds. The molecule has 2 aromatic carbocycles. The van der Waals surface area contributed by atoms with Gasteiger partial charge in [-0.1, -0.05) is 24.3 Å². The van der Waals surface area contributed by atoms with Crippen molar-refractivity contribution in [1.82, 2.24) is 14.9 Å². The van der Waals surface area contributed by atoms with Crippen LogP contribution in [0.2, 0.25) is 0 Å². The summed E-state index contributed by atoms with van der Waals surface area (Å²) in [6.45, 7) is 0.841. The van der Waals surface area contributed by atoms with Gasteiger partial charge in [-0.15, -0.1) is 11.3 Å². The van der Waals surface area contributed by atoms with Gasteiger partial charge in [0.15, 0.2) is 11.5 Å². The quantitative estimate of drug-likeness (QED) is 0.329. The molecular weight excluding hydrogens is 506 g/mol. The Bertz CT molecular complexity index is 1530. The highest BCUT2D eigenvalue weighted by atomic mass is 32.1. The van der Waals surface area contributed by atoms with E-state index in [2.05, 4.69) is 0 Å². The first kappa shape index (κ1) is 25.7. The Morgan fingerprint density at radius 3 is 2.50 bits per heavy atom. The van der Waals surface area contributed by atoms with Gasteiger partial charge in [0.1, 0.15) is 4.83 Å². The molecule has 0 spiro atoms. The fourth-order valence-corrected chi connectivity index (χ4v) is 6.22. The van der Waals surface area contributed by atoms with Crippen LogP contribution in [0.15, 0.2) is 48.5 Å². The lowest BCUT2D eigenvalue weighted by Crippen LogP contribution is -2.35. The van der Waals surface area contributed by atoms with E-state index in [1.807, 2.05) is 23.1 Å². The van der Waals surface area contributed by atoms with Gasteiger partial charge in [-0.2, -0.15) is 5.06 Å².